The molecule has 4 nitrogen and oxygen atoms in total. The molecule has 6 heteroatoms. The van der Waals surface area contributed by atoms with Crippen LogP contribution < -0.4 is 10.5 Å². The third-order valence-corrected chi connectivity index (χ3v) is 3.80. The fourth-order valence-corrected chi connectivity index (χ4v) is 2.65. The highest BCUT2D eigenvalue weighted by Crippen LogP contribution is 2.16. The molecule has 0 radical (unpaired) electrons. The number of nitrogens with one attached hydrogen (secondary N) is 1. The highest BCUT2D eigenvalue weighted by Gasteiger charge is 2.16. The number of rotatable bonds is 4. The monoisotopic (exact) mass is 270 g/mol. The molecule has 0 saturated carbocycles. The van der Waals surface area contributed by atoms with Gasteiger partial charge in [-0.2, -0.15) is 0 Å². The molecule has 0 bridgehead atoms. The van der Waals surface area contributed by atoms with E-state index in [1.54, 1.807) is 19.1 Å². The summed E-state index contributed by atoms with van der Waals surface area (Å²) in [4.78, 5) is 0.111. The van der Waals surface area contributed by atoms with Crippen LogP contribution in [0.1, 0.15) is 11.1 Å². The largest absolute Gasteiger partial charge is 0.320 e. The van der Waals surface area contributed by atoms with E-state index in [2.05, 4.69) is 16.6 Å². The van der Waals surface area contributed by atoms with Crippen LogP contribution in [-0.4, -0.2) is 28.2 Å². The molecule has 18 heavy (non-hydrogen) atoms. The van der Waals surface area contributed by atoms with Crippen molar-refractivity contribution in [2.24, 2.45) is 5.73 Å². The van der Waals surface area contributed by atoms with Crippen molar-refractivity contribution in [1.29, 1.82) is 0 Å². The van der Waals surface area contributed by atoms with Gasteiger partial charge in [-0.3, -0.25) is 0 Å². The van der Waals surface area contributed by atoms with Gasteiger partial charge in [-0.1, -0.05) is 17.9 Å². The van der Waals surface area contributed by atoms with Gasteiger partial charge in [0.25, 0.3) is 0 Å². The van der Waals surface area contributed by atoms with Gasteiger partial charge in [-0.05, 0) is 24.6 Å². The van der Waals surface area contributed by atoms with Crippen LogP contribution in [0.25, 0.3) is 0 Å². The van der Waals surface area contributed by atoms with Crippen molar-refractivity contribution in [3.63, 3.8) is 0 Å². The lowest BCUT2D eigenvalue weighted by atomic mass is 10.1. The summed E-state index contributed by atoms with van der Waals surface area (Å²) < 4.78 is 38.0. The highest BCUT2D eigenvalue weighted by molar-refractivity contribution is 7.89. The van der Waals surface area contributed by atoms with E-state index in [9.17, 15) is 12.8 Å². The minimum Gasteiger partial charge on any atom is -0.320 e. The minimum absolute atomic E-state index is 0.111. The van der Waals surface area contributed by atoms with E-state index >= 15 is 0 Å². The van der Waals surface area contributed by atoms with Crippen LogP contribution in [0.15, 0.2) is 23.1 Å². The molecule has 0 aliphatic carbocycles. The van der Waals surface area contributed by atoms with E-state index in [0.717, 1.165) is 0 Å². The quantitative estimate of drug-likeness (QED) is 0.785. The smallest absolute Gasteiger partial charge is 0.240 e. The van der Waals surface area contributed by atoms with E-state index in [1.807, 2.05) is 0 Å². The third-order valence-electron chi connectivity index (χ3n) is 2.20. The lowest BCUT2D eigenvalue weighted by Crippen LogP contribution is -2.26. The van der Waals surface area contributed by atoms with Crippen LogP contribution in [0.3, 0.4) is 0 Å². The predicted octanol–water partition coefficient (Wildman–Crippen LogP) is 0.553. The molecule has 98 valence electrons. The van der Waals surface area contributed by atoms with Crippen LogP contribution in [0.2, 0.25) is 0 Å². The zero-order chi connectivity index (χ0) is 13.6. The normalized spacial score (nSPS) is 10.8. The van der Waals surface area contributed by atoms with Gasteiger partial charge in [0, 0.05) is 12.1 Å². The molecule has 3 N–H and O–H groups in total. The van der Waals surface area contributed by atoms with Gasteiger partial charge in [0.2, 0.25) is 10.0 Å². The van der Waals surface area contributed by atoms with Crippen LogP contribution in [0.4, 0.5) is 4.39 Å². The molecule has 0 amide bonds. The minimum atomic E-state index is -3.69. The number of hydrogen-bond donors (Lipinski definition) is 2. The van der Waals surface area contributed by atoms with Crippen LogP contribution in [0.5, 0.6) is 0 Å². The van der Waals surface area contributed by atoms with Crippen LogP contribution >= 0.6 is 0 Å². The number of alkyl halides is 1. The third kappa shape index (κ3) is 3.81. The molecule has 1 rings (SSSR count). The molecule has 0 heterocycles. The fourth-order valence-electron chi connectivity index (χ4n) is 1.37. The second kappa shape index (κ2) is 6.50. The topological polar surface area (TPSA) is 72.2 Å². The maximum atomic E-state index is 12.0. The van der Waals surface area contributed by atoms with E-state index in [0.29, 0.717) is 11.1 Å². The van der Waals surface area contributed by atoms with Crippen molar-refractivity contribution in [2.45, 2.75) is 11.8 Å². The summed E-state index contributed by atoms with van der Waals surface area (Å²) in [5.41, 5.74) is 6.39. The van der Waals surface area contributed by atoms with Gasteiger partial charge in [0.05, 0.1) is 11.4 Å². The standard InChI is InChI=1S/C12H15FN2O2S/c1-10-4-5-11(3-2-7-14)9-12(10)18(16,17)15-8-6-13/h4-5,9,15H,6-8,14H2,1H3. The molecule has 1 aromatic carbocycles. The molecule has 0 unspecified atom stereocenters. The number of halogens is 1. The Balaban J connectivity index is 3.15. The highest BCUT2D eigenvalue weighted by atomic mass is 32.2. The zero-order valence-corrected chi connectivity index (χ0v) is 10.8. The summed E-state index contributed by atoms with van der Waals surface area (Å²) in [7, 11) is -3.69. The lowest BCUT2D eigenvalue weighted by Gasteiger charge is -2.08. The van der Waals surface area contributed by atoms with Crippen LogP contribution in [0, 0.1) is 18.8 Å². The summed E-state index contributed by atoms with van der Waals surface area (Å²) in [5.74, 6) is 5.41. The van der Waals surface area contributed by atoms with Gasteiger partial charge < -0.3 is 5.73 Å². The zero-order valence-electron chi connectivity index (χ0n) is 10.0. The predicted molar refractivity (Wildman–Crippen MR) is 68.3 cm³/mol. The number of benzene rings is 1. The van der Waals surface area contributed by atoms with E-state index in [1.165, 1.54) is 6.07 Å². The molecular formula is C12H15FN2O2S. The van der Waals surface area contributed by atoms with Crippen molar-refractivity contribution in [2.75, 3.05) is 19.8 Å². The molecule has 0 fully saturated rings. The van der Waals surface area contributed by atoms with Crippen molar-refractivity contribution in [3.8, 4) is 11.8 Å². The van der Waals surface area contributed by atoms with Gasteiger partial charge in [0.1, 0.15) is 6.67 Å². The van der Waals surface area contributed by atoms with E-state index in [-0.39, 0.29) is 18.0 Å². The number of aryl methyl sites for hydroxylation is 1. The number of nitrogens with two attached hydrogens (primary N) is 1. The molecule has 0 aliphatic heterocycles. The Kier molecular flexibility index (Phi) is 5.28. The van der Waals surface area contributed by atoms with Crippen molar-refractivity contribution < 1.29 is 12.8 Å². The first kappa shape index (κ1) is 14.6. The number of sulfonamides is 1. The Labute approximate surface area is 106 Å². The van der Waals surface area contributed by atoms with Gasteiger partial charge in [-0.25, -0.2) is 17.5 Å². The van der Waals surface area contributed by atoms with Crippen molar-refractivity contribution in [3.05, 3.63) is 29.3 Å². The lowest BCUT2D eigenvalue weighted by molar-refractivity contribution is 0.486. The second-order valence-corrected chi connectivity index (χ2v) is 5.31. The second-order valence-electron chi connectivity index (χ2n) is 3.57. The molecule has 1 aromatic rings. The maximum absolute atomic E-state index is 12.0. The molecule has 0 saturated heterocycles. The Morgan fingerprint density at radius 2 is 2.17 bits per heavy atom. The van der Waals surface area contributed by atoms with Gasteiger partial charge in [0.15, 0.2) is 0 Å². The SMILES string of the molecule is Cc1ccc(C#CCN)cc1S(=O)(=O)NCCF. The summed E-state index contributed by atoms with van der Waals surface area (Å²) in [6.45, 7) is 0.894. The van der Waals surface area contributed by atoms with Crippen molar-refractivity contribution in [1.82, 2.24) is 4.72 Å². The average Bonchev–Trinajstić information content (AvgIpc) is 2.35. The fraction of sp³-hybridized carbons (Fsp3) is 0.333. The Morgan fingerprint density at radius 1 is 1.44 bits per heavy atom. The Morgan fingerprint density at radius 3 is 2.78 bits per heavy atom. The summed E-state index contributed by atoms with van der Waals surface area (Å²) in [5, 5.41) is 0. The van der Waals surface area contributed by atoms with Crippen molar-refractivity contribution >= 4 is 10.0 Å². The Bertz CT molecular complexity index is 573. The van der Waals surface area contributed by atoms with Gasteiger partial charge >= 0.3 is 0 Å². The molecule has 0 spiro atoms. The summed E-state index contributed by atoms with van der Waals surface area (Å²) in [6.07, 6.45) is 0. The average molecular weight is 270 g/mol. The first-order valence-electron chi connectivity index (χ1n) is 5.36. The van der Waals surface area contributed by atoms with Gasteiger partial charge in [-0.15, -0.1) is 0 Å². The first-order chi connectivity index (χ1) is 8.51. The number of hydrogen-bond acceptors (Lipinski definition) is 3. The van der Waals surface area contributed by atoms with E-state index in [4.69, 9.17) is 5.73 Å². The summed E-state index contributed by atoms with van der Waals surface area (Å²) in [6, 6.07) is 4.83. The van der Waals surface area contributed by atoms with Crippen LogP contribution in [-0.2, 0) is 10.0 Å². The molecule has 0 atom stereocenters. The Hall–Kier alpha value is -1.42. The molecule has 0 aromatic heterocycles. The first-order valence-corrected chi connectivity index (χ1v) is 6.85. The molecular weight excluding hydrogens is 255 g/mol. The van der Waals surface area contributed by atoms with E-state index < -0.39 is 16.7 Å². The molecule has 0 aliphatic rings. The summed E-state index contributed by atoms with van der Waals surface area (Å²) >= 11 is 0. The maximum Gasteiger partial charge on any atom is 0.240 e.